The van der Waals surface area contributed by atoms with E-state index in [-0.39, 0.29) is 22.8 Å². The van der Waals surface area contributed by atoms with Crippen LogP contribution >= 0.6 is 0 Å². The van der Waals surface area contributed by atoms with E-state index in [9.17, 15) is 8.60 Å². The zero-order chi connectivity index (χ0) is 24.5. The standard InChI is InChI=1S/C26H27FN4O3S/c1-15(2)25-30-26(34-31-25)16-6-8-17(9-7-16)33-23-12-13-29-24-20(4-3-5-21(23)24)19-11-10-18(35(28)32)14-22(19)27/h3-5,10-17H,6-9,28H2,1-2H3. The Hall–Kier alpha value is -3.17. The average Bonchev–Trinajstić information content (AvgIpc) is 3.35. The summed E-state index contributed by atoms with van der Waals surface area (Å²) >= 11 is 0. The third kappa shape index (κ3) is 4.83. The summed E-state index contributed by atoms with van der Waals surface area (Å²) in [6.07, 6.45) is 5.32. The predicted molar refractivity (Wildman–Crippen MR) is 132 cm³/mol. The van der Waals surface area contributed by atoms with Crippen molar-refractivity contribution in [2.75, 3.05) is 0 Å². The van der Waals surface area contributed by atoms with Gasteiger partial charge in [0.25, 0.3) is 0 Å². The van der Waals surface area contributed by atoms with Gasteiger partial charge in [0.05, 0.1) is 16.5 Å². The van der Waals surface area contributed by atoms with Crippen LogP contribution in [0.3, 0.4) is 0 Å². The molecular formula is C26H27FN4O3S. The molecule has 0 amide bonds. The quantitative estimate of drug-likeness (QED) is 0.372. The van der Waals surface area contributed by atoms with E-state index in [1.54, 1.807) is 18.3 Å². The summed E-state index contributed by atoms with van der Waals surface area (Å²) in [5.74, 6) is 2.19. The van der Waals surface area contributed by atoms with Gasteiger partial charge in [0, 0.05) is 34.5 Å². The first-order valence-corrected chi connectivity index (χ1v) is 13.0. The molecule has 0 radical (unpaired) electrons. The van der Waals surface area contributed by atoms with E-state index < -0.39 is 16.8 Å². The molecule has 1 fully saturated rings. The van der Waals surface area contributed by atoms with Gasteiger partial charge in [0.1, 0.15) is 22.6 Å². The Bertz CT molecular complexity index is 1380. The summed E-state index contributed by atoms with van der Waals surface area (Å²) in [6, 6.07) is 11.8. The first kappa shape index (κ1) is 23.6. The highest BCUT2D eigenvalue weighted by Crippen LogP contribution is 2.37. The third-order valence-corrected chi connectivity index (χ3v) is 7.20. The lowest BCUT2D eigenvalue weighted by Crippen LogP contribution is -2.23. The van der Waals surface area contributed by atoms with Crippen molar-refractivity contribution in [3.8, 4) is 16.9 Å². The second-order valence-corrected chi connectivity index (χ2v) is 10.3. The molecule has 2 aromatic heterocycles. The number of nitrogens with two attached hydrogens (primary N) is 1. The number of halogens is 1. The van der Waals surface area contributed by atoms with Gasteiger partial charge < -0.3 is 9.26 Å². The molecule has 35 heavy (non-hydrogen) atoms. The Morgan fingerprint density at radius 1 is 1.11 bits per heavy atom. The number of rotatable bonds is 6. The fraction of sp³-hybridized carbons (Fsp3) is 0.346. The van der Waals surface area contributed by atoms with Gasteiger partial charge in [-0.15, -0.1) is 0 Å². The minimum absolute atomic E-state index is 0.0588. The Labute approximate surface area is 205 Å². The van der Waals surface area contributed by atoms with Crippen molar-refractivity contribution in [2.24, 2.45) is 5.14 Å². The van der Waals surface area contributed by atoms with Crippen LogP contribution in [0.25, 0.3) is 22.0 Å². The van der Waals surface area contributed by atoms with Crippen molar-refractivity contribution in [2.45, 2.75) is 62.4 Å². The normalized spacial score (nSPS) is 19.2. The smallest absolute Gasteiger partial charge is 0.229 e. The highest BCUT2D eigenvalue weighted by Gasteiger charge is 2.28. The molecule has 0 saturated heterocycles. The summed E-state index contributed by atoms with van der Waals surface area (Å²) in [5, 5.41) is 10.3. The van der Waals surface area contributed by atoms with Crippen LogP contribution in [0, 0.1) is 5.82 Å². The van der Waals surface area contributed by atoms with Gasteiger partial charge in [-0.3, -0.25) is 4.98 Å². The van der Waals surface area contributed by atoms with Gasteiger partial charge >= 0.3 is 0 Å². The molecule has 1 saturated carbocycles. The summed E-state index contributed by atoms with van der Waals surface area (Å²) in [5.41, 5.74) is 1.66. The van der Waals surface area contributed by atoms with Gasteiger partial charge in [0.2, 0.25) is 5.89 Å². The van der Waals surface area contributed by atoms with Crippen LogP contribution in [-0.2, 0) is 11.0 Å². The number of pyridine rings is 1. The molecule has 0 bridgehead atoms. The number of benzene rings is 2. The molecule has 2 N–H and O–H groups in total. The first-order valence-electron chi connectivity index (χ1n) is 11.7. The van der Waals surface area contributed by atoms with E-state index in [0.717, 1.165) is 48.5 Å². The molecule has 2 aromatic carbocycles. The number of ether oxygens (including phenoxy) is 1. The Morgan fingerprint density at radius 2 is 1.91 bits per heavy atom. The fourth-order valence-corrected chi connectivity index (χ4v) is 4.99. The van der Waals surface area contributed by atoms with E-state index >= 15 is 0 Å². The Morgan fingerprint density at radius 3 is 2.60 bits per heavy atom. The van der Waals surface area contributed by atoms with Gasteiger partial charge in [-0.1, -0.05) is 37.2 Å². The van der Waals surface area contributed by atoms with Gasteiger partial charge in [-0.2, -0.15) is 4.98 Å². The molecular weight excluding hydrogens is 467 g/mol. The van der Waals surface area contributed by atoms with Crippen LogP contribution in [0.4, 0.5) is 4.39 Å². The topological polar surface area (TPSA) is 104 Å². The molecule has 9 heteroatoms. The molecule has 0 spiro atoms. The van der Waals surface area contributed by atoms with Crippen LogP contribution in [0.5, 0.6) is 5.75 Å². The monoisotopic (exact) mass is 494 g/mol. The van der Waals surface area contributed by atoms with E-state index in [2.05, 4.69) is 29.0 Å². The van der Waals surface area contributed by atoms with Crippen molar-refractivity contribution in [1.29, 1.82) is 0 Å². The number of fused-ring (bicyclic) bond motifs is 1. The molecule has 1 aliphatic carbocycles. The number of hydrogen-bond acceptors (Lipinski definition) is 6. The number of hydrogen-bond donors (Lipinski definition) is 1. The fourth-order valence-electron chi connectivity index (χ4n) is 4.56. The summed E-state index contributed by atoms with van der Waals surface area (Å²) in [4.78, 5) is 9.32. The van der Waals surface area contributed by atoms with E-state index in [1.165, 1.54) is 6.07 Å². The van der Waals surface area contributed by atoms with Crippen molar-refractivity contribution in [1.82, 2.24) is 15.1 Å². The molecule has 7 nitrogen and oxygen atoms in total. The molecule has 1 atom stereocenters. The first-order chi connectivity index (χ1) is 16.9. The molecule has 1 unspecified atom stereocenters. The average molecular weight is 495 g/mol. The minimum atomic E-state index is -1.74. The maximum absolute atomic E-state index is 14.9. The minimum Gasteiger partial charge on any atom is -0.490 e. The molecule has 4 aromatic rings. The van der Waals surface area contributed by atoms with Crippen LogP contribution in [0.2, 0.25) is 0 Å². The van der Waals surface area contributed by atoms with Crippen LogP contribution < -0.4 is 9.88 Å². The summed E-state index contributed by atoms with van der Waals surface area (Å²) < 4.78 is 38.3. The highest BCUT2D eigenvalue weighted by atomic mass is 32.2. The highest BCUT2D eigenvalue weighted by molar-refractivity contribution is 7.82. The molecule has 5 rings (SSSR count). The SMILES string of the molecule is CC(C)c1noc(C2CCC(Oc3ccnc4c(-c5ccc(S(N)=O)cc5F)cccc34)CC2)n1. The lowest BCUT2D eigenvalue weighted by molar-refractivity contribution is 0.141. The van der Waals surface area contributed by atoms with Crippen molar-refractivity contribution in [3.05, 3.63) is 66.2 Å². The molecule has 2 heterocycles. The second-order valence-electron chi connectivity index (χ2n) is 9.19. The van der Waals surface area contributed by atoms with Crippen LogP contribution in [0.15, 0.2) is 58.1 Å². The lowest BCUT2D eigenvalue weighted by atomic mass is 9.87. The predicted octanol–water partition coefficient (Wildman–Crippen LogP) is 5.63. The third-order valence-electron chi connectivity index (χ3n) is 6.48. The van der Waals surface area contributed by atoms with Gasteiger partial charge in [0.15, 0.2) is 5.82 Å². The maximum Gasteiger partial charge on any atom is 0.229 e. The van der Waals surface area contributed by atoms with E-state index in [1.807, 2.05) is 24.3 Å². The number of para-hydroxylation sites is 1. The van der Waals surface area contributed by atoms with Crippen molar-refractivity contribution >= 4 is 21.9 Å². The van der Waals surface area contributed by atoms with Gasteiger partial charge in [-0.25, -0.2) is 13.7 Å². The van der Waals surface area contributed by atoms with Crippen LogP contribution in [0.1, 0.15) is 63.1 Å². The molecule has 1 aliphatic rings. The van der Waals surface area contributed by atoms with Crippen molar-refractivity contribution in [3.63, 3.8) is 0 Å². The largest absolute Gasteiger partial charge is 0.490 e. The molecule has 182 valence electrons. The Kier molecular flexibility index (Phi) is 6.62. The van der Waals surface area contributed by atoms with Gasteiger partial charge in [-0.05, 0) is 49.9 Å². The summed E-state index contributed by atoms with van der Waals surface area (Å²) in [7, 11) is -1.74. The maximum atomic E-state index is 14.9. The second kappa shape index (κ2) is 9.83. The molecule has 0 aliphatic heterocycles. The van der Waals surface area contributed by atoms with Crippen LogP contribution in [-0.4, -0.2) is 25.4 Å². The Balaban J connectivity index is 1.35. The number of nitrogens with zero attached hydrogens (tertiary/aromatic N) is 3. The zero-order valence-electron chi connectivity index (χ0n) is 19.6. The summed E-state index contributed by atoms with van der Waals surface area (Å²) in [6.45, 7) is 4.10. The van der Waals surface area contributed by atoms with E-state index in [0.29, 0.717) is 16.6 Å². The van der Waals surface area contributed by atoms with Crippen molar-refractivity contribution < 1.29 is 17.9 Å². The number of aromatic nitrogens is 3. The van der Waals surface area contributed by atoms with E-state index in [4.69, 9.17) is 14.4 Å². The lowest BCUT2D eigenvalue weighted by Gasteiger charge is -2.27. The zero-order valence-corrected chi connectivity index (χ0v) is 20.4.